The van der Waals surface area contributed by atoms with E-state index in [0.29, 0.717) is 12.0 Å². The quantitative estimate of drug-likeness (QED) is 0.843. The van der Waals surface area contributed by atoms with Crippen LogP contribution in [0.1, 0.15) is 58.3 Å². The van der Waals surface area contributed by atoms with Crippen molar-refractivity contribution in [3.8, 4) is 0 Å². The lowest BCUT2D eigenvalue weighted by atomic mass is 9.77. The molecule has 2 unspecified atom stereocenters. The Bertz CT molecular complexity index is 304. The number of hydrogen-bond donors (Lipinski definition) is 1. The summed E-state index contributed by atoms with van der Waals surface area (Å²) in [4.78, 5) is 2.73. The summed E-state index contributed by atoms with van der Waals surface area (Å²) in [5.74, 6) is 0.697. The molecule has 3 nitrogen and oxygen atoms in total. The smallest absolute Gasteiger partial charge is 0.0521 e. The number of piperidine rings is 1. The van der Waals surface area contributed by atoms with Gasteiger partial charge in [-0.3, -0.25) is 0 Å². The molecule has 3 fully saturated rings. The number of nitrogens with zero attached hydrogens (tertiary/aromatic N) is 1. The Labute approximate surface area is 130 Å². The predicted molar refractivity (Wildman–Crippen MR) is 87.6 cm³/mol. The first kappa shape index (κ1) is 15.8. The third-order valence-corrected chi connectivity index (χ3v) is 6.20. The van der Waals surface area contributed by atoms with Gasteiger partial charge in [0, 0.05) is 25.1 Å². The molecular formula is C18H34N2O. The summed E-state index contributed by atoms with van der Waals surface area (Å²) >= 11 is 0. The lowest BCUT2D eigenvalue weighted by Crippen LogP contribution is -2.50. The van der Waals surface area contributed by atoms with Crippen molar-refractivity contribution in [3.63, 3.8) is 0 Å². The maximum atomic E-state index is 5.76. The molecule has 3 heteroatoms. The van der Waals surface area contributed by atoms with Crippen LogP contribution in [0.3, 0.4) is 0 Å². The second-order valence-corrected chi connectivity index (χ2v) is 7.69. The van der Waals surface area contributed by atoms with E-state index in [9.17, 15) is 0 Å². The number of hydrogen-bond acceptors (Lipinski definition) is 3. The van der Waals surface area contributed by atoms with E-state index in [1.165, 1.54) is 71.0 Å². The van der Waals surface area contributed by atoms with Crippen molar-refractivity contribution in [3.05, 3.63) is 0 Å². The highest BCUT2D eigenvalue weighted by molar-refractivity contribution is 4.91. The highest BCUT2D eigenvalue weighted by atomic mass is 16.5. The van der Waals surface area contributed by atoms with E-state index in [0.717, 1.165) is 25.2 Å². The van der Waals surface area contributed by atoms with Gasteiger partial charge >= 0.3 is 0 Å². The van der Waals surface area contributed by atoms with Gasteiger partial charge in [0.25, 0.3) is 0 Å². The van der Waals surface area contributed by atoms with E-state index in [-0.39, 0.29) is 0 Å². The topological polar surface area (TPSA) is 24.5 Å². The average Bonchev–Trinajstić information content (AvgIpc) is 2.97. The summed E-state index contributed by atoms with van der Waals surface area (Å²) in [6.45, 7) is 9.23. The average molecular weight is 294 g/mol. The van der Waals surface area contributed by atoms with E-state index in [4.69, 9.17) is 4.74 Å². The first-order chi connectivity index (χ1) is 10.3. The Morgan fingerprint density at radius 1 is 1.14 bits per heavy atom. The fraction of sp³-hybridized carbons (Fsp3) is 1.00. The van der Waals surface area contributed by atoms with E-state index < -0.39 is 0 Å². The van der Waals surface area contributed by atoms with E-state index >= 15 is 0 Å². The van der Waals surface area contributed by atoms with Crippen LogP contribution in [0.5, 0.6) is 0 Å². The van der Waals surface area contributed by atoms with Crippen molar-refractivity contribution < 1.29 is 4.74 Å². The molecule has 2 saturated heterocycles. The van der Waals surface area contributed by atoms with Crippen LogP contribution in [0.15, 0.2) is 0 Å². The van der Waals surface area contributed by atoms with Crippen LogP contribution in [0, 0.1) is 11.3 Å². The van der Waals surface area contributed by atoms with Gasteiger partial charge in [0.2, 0.25) is 0 Å². The molecule has 1 spiro atoms. The predicted octanol–water partition coefficient (Wildman–Crippen LogP) is 3.05. The van der Waals surface area contributed by atoms with Gasteiger partial charge in [-0.05, 0) is 63.6 Å². The van der Waals surface area contributed by atoms with Crippen molar-refractivity contribution >= 4 is 0 Å². The molecule has 0 aromatic heterocycles. The number of rotatable bonds is 5. The molecule has 1 saturated carbocycles. The van der Waals surface area contributed by atoms with Crippen LogP contribution in [0.4, 0.5) is 0 Å². The van der Waals surface area contributed by atoms with Gasteiger partial charge in [-0.2, -0.15) is 0 Å². The molecule has 0 bridgehead atoms. The van der Waals surface area contributed by atoms with Crippen molar-refractivity contribution in [1.29, 1.82) is 0 Å². The zero-order chi connectivity index (χ0) is 14.5. The zero-order valence-electron chi connectivity index (χ0n) is 13.9. The van der Waals surface area contributed by atoms with Crippen molar-refractivity contribution in [2.75, 3.05) is 39.4 Å². The highest BCUT2D eigenvalue weighted by Crippen LogP contribution is 2.46. The second kappa shape index (κ2) is 7.43. The van der Waals surface area contributed by atoms with Gasteiger partial charge < -0.3 is 15.0 Å². The zero-order valence-corrected chi connectivity index (χ0v) is 13.9. The molecule has 2 aliphatic heterocycles. The molecule has 3 aliphatic rings. The van der Waals surface area contributed by atoms with Gasteiger partial charge in [-0.1, -0.05) is 19.8 Å². The lowest BCUT2D eigenvalue weighted by molar-refractivity contribution is 0.00560. The fourth-order valence-electron chi connectivity index (χ4n) is 4.74. The van der Waals surface area contributed by atoms with Crippen LogP contribution in [0.25, 0.3) is 0 Å². The Morgan fingerprint density at radius 2 is 1.90 bits per heavy atom. The Hall–Kier alpha value is -0.120. The van der Waals surface area contributed by atoms with Crippen LogP contribution < -0.4 is 5.32 Å². The molecule has 1 N–H and O–H groups in total. The number of nitrogens with one attached hydrogen (secondary N) is 1. The first-order valence-electron chi connectivity index (χ1n) is 9.35. The molecule has 0 aromatic rings. The van der Waals surface area contributed by atoms with Crippen molar-refractivity contribution in [2.45, 2.75) is 64.3 Å². The SMILES string of the molecule is CCCNC1CCOCC1CN1CCC2(CCCC2)CC1. The van der Waals surface area contributed by atoms with Crippen molar-refractivity contribution in [1.82, 2.24) is 10.2 Å². The summed E-state index contributed by atoms with van der Waals surface area (Å²) in [5, 5.41) is 3.75. The van der Waals surface area contributed by atoms with Gasteiger partial charge in [0.1, 0.15) is 0 Å². The minimum absolute atomic E-state index is 0.682. The van der Waals surface area contributed by atoms with E-state index in [1.807, 2.05) is 0 Å². The molecule has 122 valence electrons. The summed E-state index contributed by atoms with van der Waals surface area (Å²) in [7, 11) is 0. The Morgan fingerprint density at radius 3 is 2.62 bits per heavy atom. The van der Waals surface area contributed by atoms with E-state index in [2.05, 4.69) is 17.1 Å². The summed E-state index contributed by atoms with van der Waals surface area (Å²) in [5.41, 5.74) is 0.749. The highest BCUT2D eigenvalue weighted by Gasteiger charge is 2.37. The molecule has 0 aromatic carbocycles. The maximum Gasteiger partial charge on any atom is 0.0521 e. The normalized spacial score (nSPS) is 33.6. The Kier molecular flexibility index (Phi) is 5.58. The molecule has 0 radical (unpaired) electrons. The van der Waals surface area contributed by atoms with Crippen LogP contribution in [-0.4, -0.2) is 50.3 Å². The molecule has 21 heavy (non-hydrogen) atoms. The summed E-state index contributed by atoms with van der Waals surface area (Å²) < 4.78 is 5.76. The van der Waals surface area contributed by atoms with Crippen LogP contribution in [-0.2, 0) is 4.74 Å². The largest absolute Gasteiger partial charge is 0.381 e. The maximum absolute atomic E-state index is 5.76. The van der Waals surface area contributed by atoms with Gasteiger partial charge in [0.15, 0.2) is 0 Å². The Balaban J connectivity index is 1.46. The minimum atomic E-state index is 0.682. The van der Waals surface area contributed by atoms with E-state index in [1.54, 1.807) is 0 Å². The minimum Gasteiger partial charge on any atom is -0.381 e. The molecule has 3 rings (SSSR count). The molecule has 1 aliphatic carbocycles. The standard InChI is InChI=1S/C18H34N2O/c1-2-10-19-17-5-13-21-15-16(17)14-20-11-8-18(9-12-20)6-3-4-7-18/h16-17,19H,2-15H2,1H3. The van der Waals surface area contributed by atoms with Gasteiger partial charge in [-0.15, -0.1) is 0 Å². The first-order valence-corrected chi connectivity index (χ1v) is 9.35. The number of ether oxygens (including phenoxy) is 1. The van der Waals surface area contributed by atoms with Crippen LogP contribution >= 0.6 is 0 Å². The van der Waals surface area contributed by atoms with Crippen molar-refractivity contribution in [2.24, 2.45) is 11.3 Å². The summed E-state index contributed by atoms with van der Waals surface area (Å²) in [6.07, 6.45) is 11.3. The molecule has 0 amide bonds. The fourth-order valence-corrected chi connectivity index (χ4v) is 4.74. The number of likely N-dealkylation sites (tertiary alicyclic amines) is 1. The third kappa shape index (κ3) is 4.00. The lowest BCUT2D eigenvalue weighted by Gasteiger charge is -2.42. The third-order valence-electron chi connectivity index (χ3n) is 6.20. The molecular weight excluding hydrogens is 260 g/mol. The van der Waals surface area contributed by atoms with Gasteiger partial charge in [-0.25, -0.2) is 0 Å². The van der Waals surface area contributed by atoms with Crippen LogP contribution in [0.2, 0.25) is 0 Å². The summed E-state index contributed by atoms with van der Waals surface area (Å²) in [6, 6.07) is 0.682. The molecule has 2 atom stereocenters. The second-order valence-electron chi connectivity index (χ2n) is 7.69. The van der Waals surface area contributed by atoms with Gasteiger partial charge in [0.05, 0.1) is 6.61 Å². The molecule has 2 heterocycles. The monoisotopic (exact) mass is 294 g/mol.